The Morgan fingerprint density at radius 1 is 1.17 bits per heavy atom. The minimum atomic E-state index is -0.963. The van der Waals surface area contributed by atoms with Gasteiger partial charge in [0.05, 0.1) is 22.7 Å². The maximum absolute atomic E-state index is 16.9. The average molecular weight is 662 g/mol. The van der Waals surface area contributed by atoms with Crippen LogP contribution in [0.15, 0.2) is 30.5 Å². The van der Waals surface area contributed by atoms with Crippen LogP contribution in [0.2, 0.25) is 0 Å². The van der Waals surface area contributed by atoms with E-state index < -0.39 is 34.5 Å². The molecule has 244 valence electrons. The second-order valence-electron chi connectivity index (χ2n) is 13.5. The normalized spacial score (nSPS) is 27.8. The van der Waals surface area contributed by atoms with Crippen LogP contribution in [0.3, 0.4) is 0 Å². The van der Waals surface area contributed by atoms with Gasteiger partial charge in [0.15, 0.2) is 5.82 Å². The largest absolute Gasteiger partial charge is 0.616 e. The van der Waals surface area contributed by atoms with E-state index in [0.717, 1.165) is 32.2 Å². The highest BCUT2D eigenvalue weighted by molar-refractivity contribution is 7.91. The Morgan fingerprint density at radius 3 is 2.70 bits per heavy atom. The number of hydrogen-bond donors (Lipinski definition) is 1. The average Bonchev–Trinajstić information content (AvgIpc) is 3.66. The summed E-state index contributed by atoms with van der Waals surface area (Å²) >= 11 is -0.963. The van der Waals surface area contributed by atoms with E-state index in [4.69, 9.17) is 16.1 Å². The van der Waals surface area contributed by atoms with Gasteiger partial charge in [0.1, 0.15) is 46.6 Å². The van der Waals surface area contributed by atoms with Crippen LogP contribution >= 0.6 is 0 Å². The van der Waals surface area contributed by atoms with E-state index in [0.29, 0.717) is 42.6 Å². The molecule has 0 radical (unpaired) electrons. The molecule has 2 bridgehead atoms. The number of aromatic nitrogens is 3. The Balaban J connectivity index is 1.27. The number of piperidine rings is 1. The molecule has 3 aliphatic heterocycles. The van der Waals surface area contributed by atoms with Crippen LogP contribution in [0.25, 0.3) is 32.9 Å². The first-order chi connectivity index (χ1) is 22.7. The lowest BCUT2D eigenvalue weighted by Crippen LogP contribution is -2.48. The predicted molar refractivity (Wildman–Crippen MR) is 175 cm³/mol. The van der Waals surface area contributed by atoms with Crippen LogP contribution in [0.1, 0.15) is 37.7 Å². The molecule has 3 saturated heterocycles. The molecular weight excluding hydrogens is 627 g/mol. The molecule has 0 spiro atoms. The number of phenolic OH excluding ortho intramolecular Hbond substituents is 1. The Bertz CT molecular complexity index is 1940. The molecule has 4 aromatic rings. The number of ether oxygens (including phenoxy) is 1. The summed E-state index contributed by atoms with van der Waals surface area (Å²) in [6.45, 7) is 2.53. The van der Waals surface area contributed by atoms with Crippen molar-refractivity contribution in [2.75, 3.05) is 43.9 Å². The minimum absolute atomic E-state index is 0.0308. The van der Waals surface area contributed by atoms with Gasteiger partial charge in [-0.05, 0) is 55.8 Å². The van der Waals surface area contributed by atoms with Gasteiger partial charge < -0.3 is 19.3 Å². The van der Waals surface area contributed by atoms with Crippen LogP contribution in [0.4, 0.5) is 19.0 Å². The van der Waals surface area contributed by atoms with Crippen LogP contribution in [-0.2, 0) is 11.2 Å². The molecule has 1 aliphatic carbocycles. The number of terminal acetylenes is 1. The van der Waals surface area contributed by atoms with E-state index in [1.165, 1.54) is 30.5 Å². The zero-order valence-corrected chi connectivity index (χ0v) is 26.7. The fourth-order valence-corrected chi connectivity index (χ4v) is 10.3. The van der Waals surface area contributed by atoms with Crippen molar-refractivity contribution >= 4 is 38.7 Å². The fraction of sp³-hybridized carbons (Fsp3) is 0.457. The number of alkyl halides is 1. The Hall–Kier alpha value is -3.79. The van der Waals surface area contributed by atoms with Crippen molar-refractivity contribution in [3.05, 3.63) is 47.7 Å². The number of nitrogens with zero attached hydrogens (tertiary/aromatic N) is 5. The Kier molecular flexibility index (Phi) is 7.42. The summed E-state index contributed by atoms with van der Waals surface area (Å²) in [7, 11) is 0. The summed E-state index contributed by atoms with van der Waals surface area (Å²) < 4.78 is 65.1. The van der Waals surface area contributed by atoms with Gasteiger partial charge in [-0.3, -0.25) is 9.88 Å². The molecule has 1 saturated carbocycles. The molecular formula is C35H34F3N5O3S. The number of pyridine rings is 1. The maximum Gasteiger partial charge on any atom is 0.319 e. The van der Waals surface area contributed by atoms with E-state index in [2.05, 4.69) is 25.7 Å². The monoisotopic (exact) mass is 661 g/mol. The number of phenols is 1. The standard InChI is InChI=1S/C35H34F3N5O3S/c1-3-24-27(37)8-7-19-11-23(44)12-25(28(19)24)30-29(38)31-26(14-39-30)33(42-15-20-5-6-21(16-42)32(20)47(2)45)41-34(40-31)46-18-35-9-4-10-43(35)17-22(36)13-35/h1,7-8,11-12,14,20-22,32,44H,4-6,9-10,13,15-18H2,2H3/t20-,21+,22-,32?,35+,47?/m1/s1. The van der Waals surface area contributed by atoms with Gasteiger partial charge in [0, 0.05) is 55.0 Å². The highest BCUT2D eigenvalue weighted by Crippen LogP contribution is 2.45. The Labute approximate surface area is 273 Å². The summed E-state index contributed by atoms with van der Waals surface area (Å²) in [4.78, 5) is 18.1. The topological polar surface area (TPSA) is 97.7 Å². The molecule has 0 amide bonds. The summed E-state index contributed by atoms with van der Waals surface area (Å²) in [6.07, 6.45) is 12.0. The van der Waals surface area contributed by atoms with Crippen molar-refractivity contribution in [1.29, 1.82) is 0 Å². The number of rotatable bonds is 6. The van der Waals surface area contributed by atoms with Crippen molar-refractivity contribution in [2.24, 2.45) is 11.8 Å². The number of benzene rings is 2. The highest BCUT2D eigenvalue weighted by atomic mass is 32.2. The molecule has 5 heterocycles. The summed E-state index contributed by atoms with van der Waals surface area (Å²) in [5, 5.41) is 11.7. The number of aromatic hydroxyl groups is 1. The summed E-state index contributed by atoms with van der Waals surface area (Å²) in [6, 6.07) is 5.39. The molecule has 4 aliphatic rings. The first-order valence-electron chi connectivity index (χ1n) is 16.0. The molecule has 2 unspecified atom stereocenters. The third-order valence-corrected chi connectivity index (χ3v) is 12.3. The highest BCUT2D eigenvalue weighted by Gasteiger charge is 2.50. The van der Waals surface area contributed by atoms with Gasteiger partial charge in [0.25, 0.3) is 0 Å². The van der Waals surface area contributed by atoms with Gasteiger partial charge in [-0.25, -0.2) is 13.2 Å². The maximum atomic E-state index is 16.9. The van der Waals surface area contributed by atoms with Gasteiger partial charge in [-0.2, -0.15) is 9.97 Å². The lowest BCUT2D eigenvalue weighted by atomic mass is 9.95. The zero-order chi connectivity index (χ0) is 32.6. The molecule has 2 aromatic carbocycles. The second kappa shape index (κ2) is 11.4. The van der Waals surface area contributed by atoms with Crippen molar-refractivity contribution in [2.45, 2.75) is 49.1 Å². The van der Waals surface area contributed by atoms with Crippen molar-refractivity contribution in [1.82, 2.24) is 19.9 Å². The van der Waals surface area contributed by atoms with Gasteiger partial charge in [0.2, 0.25) is 0 Å². The molecule has 8 rings (SSSR count). The predicted octanol–water partition coefficient (Wildman–Crippen LogP) is 5.36. The first kappa shape index (κ1) is 30.5. The molecule has 47 heavy (non-hydrogen) atoms. The third kappa shape index (κ3) is 4.97. The molecule has 2 aromatic heterocycles. The second-order valence-corrected chi connectivity index (χ2v) is 15.0. The van der Waals surface area contributed by atoms with E-state index >= 15 is 4.39 Å². The van der Waals surface area contributed by atoms with E-state index in [-0.39, 0.29) is 63.2 Å². The van der Waals surface area contributed by atoms with Crippen LogP contribution in [0, 0.1) is 35.8 Å². The third-order valence-electron chi connectivity index (χ3n) is 10.8. The lowest BCUT2D eigenvalue weighted by Gasteiger charge is -2.38. The van der Waals surface area contributed by atoms with Gasteiger partial charge in [-0.15, -0.1) is 6.42 Å². The van der Waals surface area contributed by atoms with Crippen molar-refractivity contribution in [3.63, 3.8) is 0 Å². The van der Waals surface area contributed by atoms with Gasteiger partial charge >= 0.3 is 6.01 Å². The molecule has 12 heteroatoms. The first-order valence-corrected chi connectivity index (χ1v) is 17.7. The number of anilines is 1. The summed E-state index contributed by atoms with van der Waals surface area (Å²) in [5.41, 5.74) is -0.610. The lowest BCUT2D eigenvalue weighted by molar-refractivity contribution is 0.107. The SMILES string of the molecule is C#Cc1c(F)ccc2cc(O)cc(-c3ncc4c(N5C[C@H]6CC[C@@H](C5)C6[S+](C)[O-])nc(OC[C@@]56CCCN5C[C@H](F)C6)nc4c3F)c12. The van der Waals surface area contributed by atoms with Crippen LogP contribution < -0.4 is 9.64 Å². The Morgan fingerprint density at radius 2 is 1.96 bits per heavy atom. The molecule has 8 nitrogen and oxygen atoms in total. The molecule has 4 fully saturated rings. The van der Waals surface area contributed by atoms with Crippen molar-refractivity contribution in [3.8, 4) is 35.4 Å². The number of hydrogen-bond acceptors (Lipinski definition) is 8. The van der Waals surface area contributed by atoms with Crippen LogP contribution in [-0.4, -0.2) is 85.5 Å². The van der Waals surface area contributed by atoms with Gasteiger partial charge in [-0.1, -0.05) is 23.2 Å². The van der Waals surface area contributed by atoms with Crippen LogP contribution in [0.5, 0.6) is 11.8 Å². The fourth-order valence-electron chi connectivity index (χ4n) is 8.80. The number of fused-ring (bicyclic) bond motifs is 5. The molecule has 6 atom stereocenters. The van der Waals surface area contributed by atoms with Crippen molar-refractivity contribution < 1.29 is 27.6 Å². The zero-order valence-electron chi connectivity index (χ0n) is 25.9. The molecule has 1 N–H and O–H groups in total. The van der Waals surface area contributed by atoms with E-state index in [1.54, 1.807) is 6.26 Å². The number of halogens is 3. The smallest absolute Gasteiger partial charge is 0.319 e. The minimum Gasteiger partial charge on any atom is -0.616 e. The van der Waals surface area contributed by atoms with E-state index in [9.17, 15) is 18.4 Å². The summed E-state index contributed by atoms with van der Waals surface area (Å²) in [5.74, 6) is 1.62. The van der Waals surface area contributed by atoms with E-state index in [1.807, 2.05) is 0 Å². The quantitative estimate of drug-likeness (QED) is 0.218.